The second kappa shape index (κ2) is 6.21. The molecule has 1 aromatic rings. The predicted molar refractivity (Wildman–Crippen MR) is 68.7 cm³/mol. The van der Waals surface area contributed by atoms with Crippen molar-refractivity contribution in [1.29, 1.82) is 0 Å². The van der Waals surface area contributed by atoms with Gasteiger partial charge in [0.1, 0.15) is 5.76 Å². The lowest BCUT2D eigenvalue weighted by Gasteiger charge is -2.17. The summed E-state index contributed by atoms with van der Waals surface area (Å²) in [5.74, 6) is 0.972. The molecule has 0 fully saturated rings. The van der Waals surface area contributed by atoms with Crippen molar-refractivity contribution >= 4 is 5.76 Å². The third-order valence-electron chi connectivity index (χ3n) is 2.45. The minimum Gasteiger partial charge on any atom is -0.468 e. The molecular weight excluding hydrogens is 198 g/mol. The Kier molecular flexibility index (Phi) is 4.90. The molecule has 0 aliphatic carbocycles. The summed E-state index contributed by atoms with van der Waals surface area (Å²) in [4.78, 5) is 2.11. The summed E-state index contributed by atoms with van der Waals surface area (Å²) in [5.41, 5.74) is 1.15. The van der Waals surface area contributed by atoms with E-state index in [1.807, 2.05) is 39.1 Å². The zero-order valence-electron chi connectivity index (χ0n) is 10.6. The van der Waals surface area contributed by atoms with E-state index in [0.29, 0.717) is 0 Å². The molecule has 1 aliphatic heterocycles. The van der Waals surface area contributed by atoms with Gasteiger partial charge in [0.05, 0.1) is 0 Å². The Balaban J connectivity index is 0.000000606. The number of nitrogens with zero attached hydrogens (tertiary/aromatic N) is 1. The molecule has 2 rings (SSSR count). The molecule has 0 radical (unpaired) electrons. The maximum absolute atomic E-state index is 5.80. The van der Waals surface area contributed by atoms with E-state index in [0.717, 1.165) is 17.7 Å². The largest absolute Gasteiger partial charge is 0.468 e. The molecule has 0 saturated carbocycles. The van der Waals surface area contributed by atoms with Crippen molar-refractivity contribution in [3.8, 4) is 0 Å². The maximum Gasteiger partial charge on any atom is 0.171 e. The van der Waals surface area contributed by atoms with Crippen LogP contribution in [-0.4, -0.2) is 18.2 Å². The summed E-state index contributed by atoms with van der Waals surface area (Å²) in [5, 5.41) is 0. The highest BCUT2D eigenvalue weighted by Gasteiger charge is 2.21. The summed E-state index contributed by atoms with van der Waals surface area (Å²) in [7, 11) is 2.05. The van der Waals surface area contributed by atoms with Gasteiger partial charge >= 0.3 is 0 Å². The van der Waals surface area contributed by atoms with Crippen LogP contribution in [0.2, 0.25) is 0 Å². The van der Waals surface area contributed by atoms with E-state index in [-0.39, 0.29) is 6.23 Å². The Morgan fingerprint density at radius 2 is 1.81 bits per heavy atom. The number of rotatable bonds is 2. The molecule has 0 bridgehead atoms. The molecule has 0 saturated heterocycles. The highest BCUT2D eigenvalue weighted by Crippen LogP contribution is 2.26. The van der Waals surface area contributed by atoms with Crippen molar-refractivity contribution in [3.05, 3.63) is 42.1 Å². The molecule has 1 aromatic carbocycles. The summed E-state index contributed by atoms with van der Waals surface area (Å²) in [6, 6.07) is 10.2. The first-order valence-electron chi connectivity index (χ1n) is 5.97. The van der Waals surface area contributed by atoms with Gasteiger partial charge in [-0.1, -0.05) is 51.1 Å². The molecule has 0 aromatic heterocycles. The highest BCUT2D eigenvalue weighted by atomic mass is 16.5. The van der Waals surface area contributed by atoms with Crippen molar-refractivity contribution < 1.29 is 4.74 Å². The minimum absolute atomic E-state index is 0.199. The van der Waals surface area contributed by atoms with E-state index in [1.165, 1.54) is 0 Å². The smallest absolute Gasteiger partial charge is 0.171 e. The predicted octanol–water partition coefficient (Wildman–Crippen LogP) is 3.71. The van der Waals surface area contributed by atoms with E-state index in [4.69, 9.17) is 4.74 Å². The second-order valence-electron chi connectivity index (χ2n) is 3.51. The molecule has 1 heterocycles. The Bertz CT molecular complexity index is 332. The molecule has 0 amide bonds. The van der Waals surface area contributed by atoms with Gasteiger partial charge in [-0.15, -0.1) is 0 Å². The topological polar surface area (TPSA) is 12.5 Å². The Labute approximate surface area is 98.5 Å². The quantitative estimate of drug-likeness (QED) is 0.752. The number of benzene rings is 1. The van der Waals surface area contributed by atoms with Crippen LogP contribution in [0.25, 0.3) is 5.76 Å². The zero-order chi connectivity index (χ0) is 12.0. The van der Waals surface area contributed by atoms with Crippen LogP contribution < -0.4 is 0 Å². The van der Waals surface area contributed by atoms with E-state index in [9.17, 15) is 0 Å². The van der Waals surface area contributed by atoms with Crippen LogP contribution in [0.3, 0.4) is 0 Å². The van der Waals surface area contributed by atoms with Crippen LogP contribution in [-0.2, 0) is 4.74 Å². The van der Waals surface area contributed by atoms with Gasteiger partial charge in [-0.25, -0.2) is 0 Å². The first-order chi connectivity index (χ1) is 7.81. The Morgan fingerprint density at radius 3 is 2.31 bits per heavy atom. The van der Waals surface area contributed by atoms with Gasteiger partial charge in [0.2, 0.25) is 0 Å². The van der Waals surface area contributed by atoms with E-state index >= 15 is 0 Å². The fourth-order valence-electron chi connectivity index (χ4n) is 1.64. The lowest BCUT2D eigenvalue weighted by molar-refractivity contribution is 0.0820. The maximum atomic E-state index is 5.80. The normalized spacial score (nSPS) is 18.4. The van der Waals surface area contributed by atoms with Gasteiger partial charge in [-0.2, -0.15) is 0 Å². The molecule has 1 atom stereocenters. The molecule has 16 heavy (non-hydrogen) atoms. The minimum atomic E-state index is 0.199. The van der Waals surface area contributed by atoms with Crippen molar-refractivity contribution in [1.82, 2.24) is 4.90 Å². The summed E-state index contributed by atoms with van der Waals surface area (Å²) >= 11 is 0. The molecule has 0 spiro atoms. The monoisotopic (exact) mass is 219 g/mol. The van der Waals surface area contributed by atoms with Crippen LogP contribution in [0.5, 0.6) is 0 Å². The third-order valence-corrected chi connectivity index (χ3v) is 2.45. The molecule has 2 heteroatoms. The SMILES string of the molecule is CC.CCC1OC(c2ccccc2)=CN1C. The van der Waals surface area contributed by atoms with Gasteiger partial charge in [0, 0.05) is 25.2 Å². The average molecular weight is 219 g/mol. The fraction of sp³-hybridized carbons (Fsp3) is 0.429. The fourth-order valence-corrected chi connectivity index (χ4v) is 1.64. The van der Waals surface area contributed by atoms with Gasteiger partial charge in [-0.05, 0) is 0 Å². The first-order valence-corrected chi connectivity index (χ1v) is 5.97. The number of hydrogen-bond donors (Lipinski definition) is 0. The summed E-state index contributed by atoms with van der Waals surface area (Å²) < 4.78 is 5.80. The number of hydrogen-bond acceptors (Lipinski definition) is 2. The second-order valence-corrected chi connectivity index (χ2v) is 3.51. The Morgan fingerprint density at radius 1 is 1.19 bits per heavy atom. The molecule has 0 N–H and O–H groups in total. The van der Waals surface area contributed by atoms with E-state index in [2.05, 4.69) is 30.2 Å². The van der Waals surface area contributed by atoms with Crippen molar-refractivity contribution in [2.75, 3.05) is 7.05 Å². The molecule has 2 nitrogen and oxygen atoms in total. The standard InChI is InChI=1S/C12H15NO.C2H6/c1-3-12-13(2)9-11(14-12)10-7-5-4-6-8-10;1-2/h4-9,12H,3H2,1-2H3;1-2H3. The van der Waals surface area contributed by atoms with Crippen molar-refractivity contribution in [2.45, 2.75) is 33.4 Å². The van der Waals surface area contributed by atoms with Crippen LogP contribution in [0.1, 0.15) is 32.8 Å². The highest BCUT2D eigenvalue weighted by molar-refractivity contribution is 5.60. The summed E-state index contributed by atoms with van der Waals surface area (Å²) in [6.07, 6.45) is 3.26. The molecule has 1 aliphatic rings. The van der Waals surface area contributed by atoms with Gasteiger partial charge in [0.25, 0.3) is 0 Å². The van der Waals surface area contributed by atoms with Gasteiger partial charge in [-0.3, -0.25) is 0 Å². The lowest BCUT2D eigenvalue weighted by Crippen LogP contribution is -2.22. The lowest BCUT2D eigenvalue weighted by atomic mass is 10.2. The van der Waals surface area contributed by atoms with Crippen molar-refractivity contribution in [3.63, 3.8) is 0 Å². The first kappa shape index (κ1) is 12.6. The van der Waals surface area contributed by atoms with Crippen LogP contribution in [0, 0.1) is 0 Å². The number of ether oxygens (including phenoxy) is 1. The molecular formula is C14H21NO. The van der Waals surface area contributed by atoms with E-state index < -0.39 is 0 Å². The van der Waals surface area contributed by atoms with Gasteiger partial charge < -0.3 is 9.64 Å². The third kappa shape index (κ3) is 2.78. The zero-order valence-corrected chi connectivity index (χ0v) is 10.6. The van der Waals surface area contributed by atoms with Gasteiger partial charge in [0.15, 0.2) is 6.23 Å². The molecule has 88 valence electrons. The molecule has 1 unspecified atom stereocenters. The van der Waals surface area contributed by atoms with Crippen molar-refractivity contribution in [2.24, 2.45) is 0 Å². The Hall–Kier alpha value is -1.44. The van der Waals surface area contributed by atoms with E-state index in [1.54, 1.807) is 0 Å². The van der Waals surface area contributed by atoms with Crippen LogP contribution in [0.4, 0.5) is 0 Å². The average Bonchev–Trinajstić information content (AvgIpc) is 2.74. The van der Waals surface area contributed by atoms with Crippen LogP contribution >= 0.6 is 0 Å². The van der Waals surface area contributed by atoms with Crippen LogP contribution in [0.15, 0.2) is 36.5 Å². The summed E-state index contributed by atoms with van der Waals surface area (Å²) in [6.45, 7) is 6.13.